The molecule has 0 spiro atoms. The number of rotatable bonds is 15. The van der Waals surface area contributed by atoms with Crippen LogP contribution in [0.3, 0.4) is 0 Å². The van der Waals surface area contributed by atoms with Crippen LogP contribution in [0.1, 0.15) is 89.2 Å². The largest absolute Gasteiger partial charge is 0.616 e. The molecule has 0 aromatic heterocycles. The zero-order valence-electron chi connectivity index (χ0n) is 19.5. The van der Waals surface area contributed by atoms with E-state index < -0.39 is 40.0 Å². The number of halogens is 3. The Balaban J connectivity index is 2.34. The number of benzene rings is 1. The number of hydrogen-bond acceptors (Lipinski definition) is 4. The maximum absolute atomic E-state index is 13.1. The first-order chi connectivity index (χ1) is 15.5. The lowest BCUT2D eigenvalue weighted by Gasteiger charge is -2.22. The number of aliphatic hydroxyl groups is 1. The molecule has 0 fully saturated rings. The van der Waals surface area contributed by atoms with Gasteiger partial charge in [0.05, 0.1) is 17.2 Å². The standard InChI is InChI=1S/C24H35F3N2O3S/c1-3-4-10-15-33(32)16-11-8-6-5-7-9-14-23(2,31)22(30)29-20-13-12-19(18-28)21(17-20)24(25,26)27/h12-13,17,31H,3-11,14-16H2,1-2H3,(H,29,30)/t23-,33?/m0/s1. The van der Waals surface area contributed by atoms with Crippen molar-refractivity contribution in [2.45, 2.75) is 89.8 Å². The van der Waals surface area contributed by atoms with Gasteiger partial charge in [0.25, 0.3) is 5.91 Å². The SMILES string of the molecule is CCCCC[S+]([O-])CCCCCCCC[C@](C)(O)C(=O)Nc1ccc(C#N)c(C(F)(F)F)c1. The van der Waals surface area contributed by atoms with E-state index in [4.69, 9.17) is 5.26 Å². The second kappa shape index (κ2) is 14.5. The van der Waals surface area contributed by atoms with Crippen molar-refractivity contribution < 1.29 is 27.6 Å². The summed E-state index contributed by atoms with van der Waals surface area (Å²) in [5.74, 6) is 0.737. The molecule has 2 atom stereocenters. The van der Waals surface area contributed by atoms with Crippen molar-refractivity contribution in [3.8, 4) is 6.07 Å². The maximum Gasteiger partial charge on any atom is 0.417 e. The number of carbonyl (C=O) groups excluding carboxylic acids is 1. The average molecular weight is 489 g/mol. The van der Waals surface area contributed by atoms with Gasteiger partial charge in [-0.05, 0) is 57.2 Å². The first kappa shape index (κ1) is 29.3. The fourth-order valence-electron chi connectivity index (χ4n) is 3.39. The van der Waals surface area contributed by atoms with Gasteiger partial charge in [-0.2, -0.15) is 18.4 Å². The van der Waals surface area contributed by atoms with Gasteiger partial charge in [-0.25, -0.2) is 0 Å². The summed E-state index contributed by atoms with van der Waals surface area (Å²) in [6.45, 7) is 3.46. The third kappa shape index (κ3) is 11.3. The lowest BCUT2D eigenvalue weighted by molar-refractivity contribution is -0.138. The van der Waals surface area contributed by atoms with E-state index in [1.165, 1.54) is 19.1 Å². The lowest BCUT2D eigenvalue weighted by Crippen LogP contribution is -2.40. The Kier molecular flexibility index (Phi) is 12.9. The normalized spacial score (nSPS) is 14.4. The molecule has 9 heteroatoms. The zero-order valence-corrected chi connectivity index (χ0v) is 20.3. The summed E-state index contributed by atoms with van der Waals surface area (Å²) in [4.78, 5) is 12.4. The minimum atomic E-state index is -4.72. The Labute approximate surface area is 197 Å². The van der Waals surface area contributed by atoms with Crippen LogP contribution in [0.25, 0.3) is 0 Å². The number of hydrogen-bond donors (Lipinski definition) is 2. The second-order valence-corrected chi connectivity index (χ2v) is 10.2. The molecule has 0 radical (unpaired) electrons. The Morgan fingerprint density at radius 1 is 1.09 bits per heavy atom. The van der Waals surface area contributed by atoms with Gasteiger partial charge in [-0.3, -0.25) is 4.79 Å². The molecule has 2 N–H and O–H groups in total. The number of amides is 1. The van der Waals surface area contributed by atoms with E-state index in [1.807, 2.05) is 0 Å². The van der Waals surface area contributed by atoms with Gasteiger partial charge in [0.15, 0.2) is 0 Å². The molecule has 0 aliphatic heterocycles. The highest BCUT2D eigenvalue weighted by Crippen LogP contribution is 2.33. The summed E-state index contributed by atoms with van der Waals surface area (Å²) in [5, 5.41) is 21.6. The smallest absolute Gasteiger partial charge is 0.417 e. The number of nitrogens with zero attached hydrogens (tertiary/aromatic N) is 1. The van der Waals surface area contributed by atoms with Crippen molar-refractivity contribution >= 4 is 22.8 Å². The maximum atomic E-state index is 13.1. The molecule has 1 aromatic carbocycles. The van der Waals surface area contributed by atoms with Gasteiger partial charge >= 0.3 is 6.18 Å². The first-order valence-corrected chi connectivity index (χ1v) is 13.0. The molecule has 0 aliphatic rings. The Hall–Kier alpha value is -1.76. The molecule has 0 heterocycles. The van der Waals surface area contributed by atoms with Crippen LogP contribution in [0.15, 0.2) is 18.2 Å². The molecule has 0 aliphatic carbocycles. The van der Waals surface area contributed by atoms with Gasteiger partial charge < -0.3 is 15.0 Å². The van der Waals surface area contributed by atoms with Crippen LogP contribution in [-0.2, 0) is 22.1 Å². The van der Waals surface area contributed by atoms with Crippen molar-refractivity contribution in [1.82, 2.24) is 0 Å². The average Bonchev–Trinajstić information content (AvgIpc) is 2.75. The molecule has 186 valence electrons. The number of unbranched alkanes of at least 4 members (excludes halogenated alkanes) is 7. The van der Waals surface area contributed by atoms with Gasteiger partial charge in [0, 0.05) is 5.69 Å². The molecular formula is C24H35F3N2O3S. The van der Waals surface area contributed by atoms with Crippen LogP contribution in [0.5, 0.6) is 0 Å². The first-order valence-electron chi connectivity index (χ1n) is 11.5. The molecule has 1 unspecified atom stereocenters. The number of anilines is 1. The highest BCUT2D eigenvalue weighted by molar-refractivity contribution is 7.91. The van der Waals surface area contributed by atoms with Gasteiger partial charge in [0.1, 0.15) is 17.1 Å². The van der Waals surface area contributed by atoms with Crippen LogP contribution in [0, 0.1) is 11.3 Å². The monoisotopic (exact) mass is 488 g/mol. The second-order valence-electron chi connectivity index (χ2n) is 8.52. The Morgan fingerprint density at radius 3 is 2.24 bits per heavy atom. The van der Waals surface area contributed by atoms with Gasteiger partial charge in [0.2, 0.25) is 0 Å². The summed E-state index contributed by atoms with van der Waals surface area (Å²) >= 11 is -0.729. The molecular weight excluding hydrogens is 453 g/mol. The summed E-state index contributed by atoms with van der Waals surface area (Å²) in [5.41, 5.74) is -3.51. The molecule has 0 saturated carbocycles. The third-order valence-corrected chi connectivity index (χ3v) is 6.94. The molecule has 33 heavy (non-hydrogen) atoms. The molecule has 1 aromatic rings. The quantitative estimate of drug-likeness (QED) is 0.236. The minimum Gasteiger partial charge on any atom is -0.616 e. The third-order valence-electron chi connectivity index (χ3n) is 5.45. The number of alkyl halides is 3. The number of nitriles is 1. The molecule has 0 bridgehead atoms. The fraction of sp³-hybridized carbons (Fsp3) is 0.667. The van der Waals surface area contributed by atoms with Crippen molar-refractivity contribution in [3.63, 3.8) is 0 Å². The van der Waals surface area contributed by atoms with E-state index in [0.717, 1.165) is 68.9 Å². The predicted octanol–water partition coefficient (Wildman–Crippen LogP) is 5.94. The van der Waals surface area contributed by atoms with Crippen LogP contribution >= 0.6 is 0 Å². The molecule has 0 saturated heterocycles. The molecule has 5 nitrogen and oxygen atoms in total. The summed E-state index contributed by atoms with van der Waals surface area (Å²) < 4.78 is 51.1. The van der Waals surface area contributed by atoms with E-state index in [0.29, 0.717) is 12.5 Å². The van der Waals surface area contributed by atoms with Crippen molar-refractivity contribution in [3.05, 3.63) is 29.3 Å². The summed E-state index contributed by atoms with van der Waals surface area (Å²) in [6, 6.07) is 4.38. The number of nitrogens with one attached hydrogen (secondary N) is 1. The molecule has 1 amide bonds. The van der Waals surface area contributed by atoms with Gasteiger partial charge in [-0.15, -0.1) is 0 Å². The topological polar surface area (TPSA) is 96.2 Å². The van der Waals surface area contributed by atoms with E-state index in [9.17, 15) is 27.6 Å². The van der Waals surface area contributed by atoms with Crippen molar-refractivity contribution in [2.24, 2.45) is 0 Å². The highest BCUT2D eigenvalue weighted by atomic mass is 32.2. The zero-order chi connectivity index (χ0) is 24.9. The van der Waals surface area contributed by atoms with Crippen molar-refractivity contribution in [1.29, 1.82) is 5.26 Å². The fourth-order valence-corrected chi connectivity index (χ4v) is 4.64. The van der Waals surface area contributed by atoms with E-state index in [2.05, 4.69) is 12.2 Å². The lowest BCUT2D eigenvalue weighted by atomic mass is 9.96. The van der Waals surface area contributed by atoms with Crippen molar-refractivity contribution in [2.75, 3.05) is 16.8 Å². The van der Waals surface area contributed by atoms with Crippen LogP contribution < -0.4 is 5.32 Å². The predicted molar refractivity (Wildman–Crippen MR) is 125 cm³/mol. The minimum absolute atomic E-state index is 0.126. The Morgan fingerprint density at radius 2 is 1.67 bits per heavy atom. The summed E-state index contributed by atoms with van der Waals surface area (Å²) in [7, 11) is 0. The van der Waals surface area contributed by atoms with E-state index in [-0.39, 0.29) is 12.1 Å². The van der Waals surface area contributed by atoms with E-state index >= 15 is 0 Å². The van der Waals surface area contributed by atoms with Gasteiger partial charge in [-0.1, -0.05) is 50.2 Å². The van der Waals surface area contributed by atoms with Crippen LogP contribution in [0.2, 0.25) is 0 Å². The summed E-state index contributed by atoms with van der Waals surface area (Å²) in [6.07, 6.45) is 4.00. The van der Waals surface area contributed by atoms with Crippen LogP contribution in [0.4, 0.5) is 18.9 Å². The van der Waals surface area contributed by atoms with E-state index in [1.54, 1.807) is 0 Å². The Bertz CT molecular complexity index is 779. The van der Waals surface area contributed by atoms with Crippen LogP contribution in [-0.4, -0.2) is 32.7 Å². The number of carbonyl (C=O) groups is 1. The molecule has 1 rings (SSSR count). The highest BCUT2D eigenvalue weighted by Gasteiger charge is 2.35.